The number of piperidine rings is 1. The number of likely N-dealkylation sites (tertiary alicyclic amines) is 1. The van der Waals surface area contributed by atoms with Gasteiger partial charge in [-0.15, -0.1) is 0 Å². The number of rotatable bonds is 3. The van der Waals surface area contributed by atoms with Crippen LogP contribution in [0.25, 0.3) is 11.0 Å². The normalized spacial score (nSPS) is 25.5. The molecule has 6 nitrogen and oxygen atoms in total. The molecule has 0 radical (unpaired) electrons. The summed E-state index contributed by atoms with van der Waals surface area (Å²) in [6.45, 7) is 6.60. The monoisotopic (exact) mass is 399 g/mol. The van der Waals surface area contributed by atoms with Crippen molar-refractivity contribution in [2.24, 2.45) is 5.92 Å². The van der Waals surface area contributed by atoms with Crippen molar-refractivity contribution >= 4 is 16.9 Å². The average molecular weight is 399 g/mol. The van der Waals surface area contributed by atoms with E-state index in [1.54, 1.807) is 6.92 Å². The molecule has 1 aromatic carbocycles. The van der Waals surface area contributed by atoms with E-state index in [1.165, 1.54) is 6.07 Å². The minimum atomic E-state index is -0.655. The molecule has 1 aromatic heterocycles. The maximum absolute atomic E-state index is 13.0. The number of aryl methyl sites for hydroxylation is 2. The molecule has 2 fully saturated rings. The minimum Gasteiger partial charge on any atom is -0.480 e. The van der Waals surface area contributed by atoms with Crippen molar-refractivity contribution in [1.29, 1.82) is 0 Å². The van der Waals surface area contributed by atoms with Crippen molar-refractivity contribution in [1.82, 2.24) is 4.90 Å². The van der Waals surface area contributed by atoms with Gasteiger partial charge in [-0.3, -0.25) is 4.79 Å². The number of aliphatic hydroxyl groups is 1. The van der Waals surface area contributed by atoms with Gasteiger partial charge in [0.15, 0.2) is 6.10 Å². The van der Waals surface area contributed by atoms with E-state index >= 15 is 0 Å². The van der Waals surface area contributed by atoms with E-state index in [0.717, 1.165) is 36.6 Å². The summed E-state index contributed by atoms with van der Waals surface area (Å²) < 4.78 is 11.4. The predicted molar refractivity (Wildman–Crippen MR) is 110 cm³/mol. The summed E-state index contributed by atoms with van der Waals surface area (Å²) in [6.07, 6.45) is 3.97. The van der Waals surface area contributed by atoms with E-state index < -0.39 is 17.3 Å². The second-order valence-corrected chi connectivity index (χ2v) is 8.65. The standard InChI is InChI=1S/C23H29NO5/c1-14-12-20(25)29-21-15(2)19(8-7-18(14)21)28-16(3)22(26)24-11-10-23(27)9-5-4-6-17(23)13-24/h7-8,12,16-17,27H,4-6,9-11,13H2,1-3H3/t16-,17-,23-/m0/s1. The lowest BCUT2D eigenvalue weighted by Crippen LogP contribution is -2.56. The molecule has 0 unspecified atom stereocenters. The van der Waals surface area contributed by atoms with Gasteiger partial charge in [-0.25, -0.2) is 4.79 Å². The highest BCUT2D eigenvalue weighted by molar-refractivity contribution is 5.85. The summed E-state index contributed by atoms with van der Waals surface area (Å²) in [5, 5.41) is 11.7. The van der Waals surface area contributed by atoms with Crippen molar-refractivity contribution in [3.05, 3.63) is 39.7 Å². The minimum absolute atomic E-state index is 0.0668. The Morgan fingerprint density at radius 3 is 2.90 bits per heavy atom. The van der Waals surface area contributed by atoms with E-state index in [-0.39, 0.29) is 11.8 Å². The molecule has 1 saturated carbocycles. The zero-order valence-corrected chi connectivity index (χ0v) is 17.4. The van der Waals surface area contributed by atoms with Crippen molar-refractivity contribution in [2.45, 2.75) is 64.6 Å². The number of ether oxygens (including phenoxy) is 1. The van der Waals surface area contributed by atoms with Gasteiger partial charge in [0.2, 0.25) is 0 Å². The summed E-state index contributed by atoms with van der Waals surface area (Å²) >= 11 is 0. The largest absolute Gasteiger partial charge is 0.480 e. The van der Waals surface area contributed by atoms with Gasteiger partial charge in [0.1, 0.15) is 11.3 Å². The third kappa shape index (κ3) is 3.66. The van der Waals surface area contributed by atoms with Gasteiger partial charge >= 0.3 is 5.63 Å². The van der Waals surface area contributed by atoms with Gasteiger partial charge in [-0.2, -0.15) is 0 Å². The number of hydrogen-bond acceptors (Lipinski definition) is 5. The third-order valence-electron chi connectivity index (χ3n) is 6.71. The van der Waals surface area contributed by atoms with Crippen LogP contribution in [0.15, 0.2) is 27.4 Å². The fraction of sp³-hybridized carbons (Fsp3) is 0.565. The number of carbonyl (C=O) groups excluding carboxylic acids is 1. The Bertz CT molecular complexity index is 997. The molecule has 0 spiro atoms. The lowest BCUT2D eigenvalue weighted by molar-refractivity contribution is -0.149. The molecule has 2 heterocycles. The molecule has 4 rings (SSSR count). The molecule has 156 valence electrons. The van der Waals surface area contributed by atoms with Crippen LogP contribution in [0.1, 0.15) is 50.2 Å². The van der Waals surface area contributed by atoms with E-state index in [2.05, 4.69) is 0 Å². The molecule has 1 saturated heterocycles. The maximum Gasteiger partial charge on any atom is 0.336 e. The van der Waals surface area contributed by atoms with Crippen LogP contribution in [0, 0.1) is 19.8 Å². The first-order chi connectivity index (χ1) is 13.8. The summed E-state index contributed by atoms with van der Waals surface area (Å²) in [7, 11) is 0. The second-order valence-electron chi connectivity index (χ2n) is 8.65. The molecule has 1 aliphatic heterocycles. The van der Waals surface area contributed by atoms with Crippen LogP contribution in [0.2, 0.25) is 0 Å². The molecular formula is C23H29NO5. The number of benzene rings is 1. The highest BCUT2D eigenvalue weighted by atomic mass is 16.5. The van der Waals surface area contributed by atoms with Crippen LogP contribution in [0.5, 0.6) is 5.75 Å². The Labute approximate surface area is 170 Å². The highest BCUT2D eigenvalue weighted by Gasteiger charge is 2.44. The lowest BCUT2D eigenvalue weighted by Gasteiger charge is -2.47. The van der Waals surface area contributed by atoms with Crippen molar-refractivity contribution < 1.29 is 19.1 Å². The molecule has 29 heavy (non-hydrogen) atoms. The molecule has 1 amide bonds. The van der Waals surface area contributed by atoms with Gasteiger partial charge in [0.05, 0.1) is 5.60 Å². The van der Waals surface area contributed by atoms with E-state index in [1.807, 2.05) is 30.9 Å². The van der Waals surface area contributed by atoms with E-state index in [0.29, 0.717) is 36.4 Å². The van der Waals surface area contributed by atoms with Crippen LogP contribution in [0.3, 0.4) is 0 Å². The molecule has 6 heteroatoms. The van der Waals surface area contributed by atoms with Gasteiger partial charge in [0, 0.05) is 36.0 Å². The highest BCUT2D eigenvalue weighted by Crippen LogP contribution is 2.40. The maximum atomic E-state index is 13.0. The number of fused-ring (bicyclic) bond motifs is 2. The fourth-order valence-corrected chi connectivity index (χ4v) is 4.90. The van der Waals surface area contributed by atoms with Crippen molar-refractivity contribution in [2.75, 3.05) is 13.1 Å². The SMILES string of the molecule is Cc1cc(=O)oc2c(C)c(O[C@@H](C)C(=O)N3CC[C@@]4(O)CCCC[C@H]4C3)ccc12. The van der Waals surface area contributed by atoms with Crippen molar-refractivity contribution in [3.8, 4) is 5.75 Å². The average Bonchev–Trinajstić information content (AvgIpc) is 2.69. The van der Waals surface area contributed by atoms with Crippen LogP contribution >= 0.6 is 0 Å². The smallest absolute Gasteiger partial charge is 0.336 e. The van der Waals surface area contributed by atoms with Gasteiger partial charge < -0.3 is 19.2 Å². The summed E-state index contributed by atoms with van der Waals surface area (Å²) in [5.74, 6) is 0.627. The predicted octanol–water partition coefficient (Wildman–Crippen LogP) is 3.33. The molecule has 2 aromatic rings. The van der Waals surface area contributed by atoms with E-state index in [4.69, 9.17) is 9.15 Å². The molecule has 0 bridgehead atoms. The van der Waals surface area contributed by atoms with Crippen LogP contribution in [-0.4, -0.2) is 40.7 Å². The molecule has 1 aliphatic carbocycles. The first kappa shape index (κ1) is 20.0. The van der Waals surface area contributed by atoms with Gasteiger partial charge in [-0.1, -0.05) is 12.8 Å². The van der Waals surface area contributed by atoms with Crippen LogP contribution < -0.4 is 10.4 Å². The zero-order chi connectivity index (χ0) is 20.8. The quantitative estimate of drug-likeness (QED) is 0.801. The van der Waals surface area contributed by atoms with Gasteiger partial charge in [0.25, 0.3) is 5.91 Å². The summed E-state index contributed by atoms with van der Waals surface area (Å²) in [4.78, 5) is 26.6. The molecule has 3 atom stereocenters. The number of nitrogens with zero attached hydrogens (tertiary/aromatic N) is 1. The Balaban J connectivity index is 1.51. The van der Waals surface area contributed by atoms with Gasteiger partial charge in [-0.05, 0) is 57.7 Å². The molecular weight excluding hydrogens is 370 g/mol. The van der Waals surface area contributed by atoms with Crippen molar-refractivity contribution in [3.63, 3.8) is 0 Å². The summed E-state index contributed by atoms with van der Waals surface area (Å²) in [5.41, 5.74) is 1.06. The first-order valence-corrected chi connectivity index (χ1v) is 10.5. The summed E-state index contributed by atoms with van der Waals surface area (Å²) in [6, 6.07) is 5.15. The van der Waals surface area contributed by atoms with E-state index in [9.17, 15) is 14.7 Å². The molecule has 1 N–H and O–H groups in total. The number of carbonyl (C=O) groups is 1. The Hall–Kier alpha value is -2.34. The Morgan fingerprint density at radius 1 is 1.31 bits per heavy atom. The number of amides is 1. The Morgan fingerprint density at radius 2 is 2.10 bits per heavy atom. The van der Waals surface area contributed by atoms with Crippen LogP contribution in [-0.2, 0) is 4.79 Å². The third-order valence-corrected chi connectivity index (χ3v) is 6.71. The molecule has 2 aliphatic rings. The second kappa shape index (κ2) is 7.48. The first-order valence-electron chi connectivity index (χ1n) is 10.5. The fourth-order valence-electron chi connectivity index (χ4n) is 4.90. The zero-order valence-electron chi connectivity index (χ0n) is 17.4. The lowest BCUT2D eigenvalue weighted by atomic mass is 9.71. The van der Waals surface area contributed by atoms with Crippen LogP contribution in [0.4, 0.5) is 0 Å². The number of hydrogen-bond donors (Lipinski definition) is 1. The Kier molecular flexibility index (Phi) is 5.15. The topological polar surface area (TPSA) is 80.0 Å².